The molecule has 0 saturated carbocycles. The number of hydrogen-bond donors (Lipinski definition) is 0. The number of diazo groups is 1. The van der Waals surface area contributed by atoms with Gasteiger partial charge in [0.15, 0.2) is 4.98 Å². The second-order valence-corrected chi connectivity index (χ2v) is 2.56. The van der Waals surface area contributed by atoms with Gasteiger partial charge in [-0.3, -0.25) is 0 Å². The molecule has 0 aliphatic rings. The maximum absolute atomic E-state index is 8.65. The molecular weight excluding hydrogens is 215 g/mol. The van der Waals surface area contributed by atoms with Crippen molar-refractivity contribution in [3.63, 3.8) is 0 Å². The lowest BCUT2D eigenvalue weighted by molar-refractivity contribution is -0.233. The van der Waals surface area contributed by atoms with E-state index in [1.54, 1.807) is 24.3 Å². The first-order chi connectivity index (χ1) is 6.06. The topological polar surface area (TPSA) is 68.3 Å². The summed E-state index contributed by atoms with van der Waals surface area (Å²) in [5.41, 5.74) is -1.10. The number of carbonyl (C=O) groups is 1. The molecule has 0 saturated heterocycles. The van der Waals surface area contributed by atoms with Gasteiger partial charge >= 0.3 is 5.69 Å². The average Bonchev–Trinajstić information content (AvgIpc) is 2.05. The van der Waals surface area contributed by atoms with E-state index in [0.717, 1.165) is 0 Å². The van der Waals surface area contributed by atoms with Crippen LogP contribution in [-0.2, 0) is 0 Å². The lowest BCUT2D eigenvalue weighted by Gasteiger charge is -1.78. The van der Waals surface area contributed by atoms with Crippen molar-refractivity contribution in [2.45, 2.75) is 0 Å². The molecule has 0 radical (unpaired) electrons. The van der Waals surface area contributed by atoms with Gasteiger partial charge in [-0.2, -0.15) is 0 Å². The van der Waals surface area contributed by atoms with Crippen LogP contribution in [0, 0.1) is 5.39 Å². The molecule has 0 aromatic heterocycles. The lowest BCUT2D eigenvalue weighted by Crippen LogP contribution is -2.11. The number of benzene rings is 1. The highest BCUT2D eigenvalue weighted by molar-refractivity contribution is 6.59. The average molecular weight is 219 g/mol. The standard InChI is InChI=1S/C6H4ClN2.CHClO2/c7-5-1-3-6(9-8)4-2-5;2-1(3)4/h1-4H;(H,3,4)/q+1;/p-1. The Morgan fingerprint density at radius 1 is 1.38 bits per heavy atom. The Bertz CT molecular complexity index is 314. The van der Waals surface area contributed by atoms with Gasteiger partial charge in [0.25, 0.3) is 0 Å². The van der Waals surface area contributed by atoms with Crippen molar-refractivity contribution < 1.29 is 9.90 Å². The quantitative estimate of drug-likeness (QED) is 0.496. The Morgan fingerprint density at radius 3 is 2.08 bits per heavy atom. The van der Waals surface area contributed by atoms with Gasteiger partial charge in [0.2, 0.25) is 5.39 Å². The summed E-state index contributed by atoms with van der Waals surface area (Å²) in [5.74, 6) is 0. The third kappa shape index (κ3) is 7.06. The second kappa shape index (κ2) is 6.23. The van der Waals surface area contributed by atoms with Crippen LogP contribution in [0.1, 0.15) is 0 Å². The van der Waals surface area contributed by atoms with Gasteiger partial charge in [-0.25, -0.2) is 0 Å². The molecule has 13 heavy (non-hydrogen) atoms. The molecule has 0 spiro atoms. The third-order valence-corrected chi connectivity index (χ3v) is 1.19. The van der Waals surface area contributed by atoms with Crippen LogP contribution in [0.25, 0.3) is 4.98 Å². The zero-order chi connectivity index (χ0) is 10.3. The van der Waals surface area contributed by atoms with Gasteiger partial charge in [-0.15, -0.1) is 0 Å². The van der Waals surface area contributed by atoms with Crippen molar-refractivity contribution in [3.05, 3.63) is 34.3 Å². The molecule has 0 amide bonds. The number of rotatable bonds is 0. The molecule has 6 heteroatoms. The highest BCUT2D eigenvalue weighted by Gasteiger charge is 1.99. The smallest absolute Gasteiger partial charge is 0.385 e. The predicted molar refractivity (Wildman–Crippen MR) is 47.4 cm³/mol. The molecule has 0 atom stereocenters. The van der Waals surface area contributed by atoms with Gasteiger partial charge in [-0.1, -0.05) is 23.2 Å². The molecule has 0 aliphatic heterocycles. The largest absolute Gasteiger partial charge is 0.534 e. The van der Waals surface area contributed by atoms with E-state index in [4.69, 9.17) is 26.9 Å². The van der Waals surface area contributed by atoms with Crippen molar-refractivity contribution in [2.24, 2.45) is 0 Å². The van der Waals surface area contributed by atoms with E-state index in [-0.39, 0.29) is 0 Å². The fourth-order valence-corrected chi connectivity index (χ4v) is 0.634. The van der Waals surface area contributed by atoms with Gasteiger partial charge in [0, 0.05) is 17.2 Å². The Morgan fingerprint density at radius 2 is 1.77 bits per heavy atom. The Kier molecular flexibility index (Phi) is 5.60. The van der Waals surface area contributed by atoms with Crippen LogP contribution in [0.3, 0.4) is 0 Å². The third-order valence-electron chi connectivity index (χ3n) is 0.942. The maximum Gasteiger partial charge on any atom is 0.385 e. The minimum atomic E-state index is -1.61. The molecule has 1 aromatic rings. The van der Waals surface area contributed by atoms with E-state index in [9.17, 15) is 0 Å². The molecule has 0 N–H and O–H groups in total. The number of hydrogen-bond acceptors (Lipinski definition) is 3. The number of carboxylic acid groups (broad SMARTS) is 1. The van der Waals surface area contributed by atoms with Crippen LogP contribution in [0.2, 0.25) is 5.02 Å². The normalized spacial score (nSPS) is 7.77. The lowest BCUT2D eigenvalue weighted by atomic mass is 10.3. The van der Waals surface area contributed by atoms with Crippen LogP contribution in [0.15, 0.2) is 24.3 Å². The summed E-state index contributed by atoms with van der Waals surface area (Å²) in [7, 11) is 0. The van der Waals surface area contributed by atoms with Gasteiger partial charge < -0.3 is 9.90 Å². The maximum atomic E-state index is 8.65. The van der Waals surface area contributed by atoms with E-state index in [1.807, 2.05) is 0 Å². The Hall–Kier alpha value is -1.31. The summed E-state index contributed by atoms with van der Waals surface area (Å²) < 4.78 is 0. The summed E-state index contributed by atoms with van der Waals surface area (Å²) in [6.45, 7) is 0. The van der Waals surface area contributed by atoms with Crippen molar-refractivity contribution in [1.82, 2.24) is 0 Å². The van der Waals surface area contributed by atoms with Crippen LogP contribution >= 0.6 is 23.2 Å². The van der Waals surface area contributed by atoms with E-state index < -0.39 is 5.43 Å². The van der Waals surface area contributed by atoms with Crippen molar-refractivity contribution in [2.75, 3.05) is 0 Å². The second-order valence-electron chi connectivity index (χ2n) is 1.81. The van der Waals surface area contributed by atoms with E-state index in [1.165, 1.54) is 0 Å². The van der Waals surface area contributed by atoms with Crippen LogP contribution < -0.4 is 5.11 Å². The highest BCUT2D eigenvalue weighted by atomic mass is 35.5. The van der Waals surface area contributed by atoms with Crippen molar-refractivity contribution >= 4 is 34.3 Å². The zero-order valence-corrected chi connectivity index (χ0v) is 7.79. The summed E-state index contributed by atoms with van der Waals surface area (Å²) in [6.07, 6.45) is 0. The first-order valence-electron chi connectivity index (χ1n) is 3.03. The summed E-state index contributed by atoms with van der Waals surface area (Å²) in [6, 6.07) is 6.58. The summed E-state index contributed by atoms with van der Waals surface area (Å²) >= 11 is 9.63. The van der Waals surface area contributed by atoms with E-state index in [0.29, 0.717) is 10.7 Å². The van der Waals surface area contributed by atoms with Crippen molar-refractivity contribution in [1.29, 1.82) is 5.39 Å². The molecule has 68 valence electrons. The van der Waals surface area contributed by atoms with Crippen LogP contribution in [-0.4, -0.2) is 5.43 Å². The number of nitrogens with zero attached hydrogens (tertiary/aromatic N) is 2. The molecule has 0 fully saturated rings. The molecular formula is C7H4Cl2N2O2. The summed E-state index contributed by atoms with van der Waals surface area (Å²) in [5, 5.41) is 17.5. The molecule has 4 nitrogen and oxygen atoms in total. The summed E-state index contributed by atoms with van der Waals surface area (Å²) in [4.78, 5) is 11.6. The number of halogens is 2. The predicted octanol–water partition coefficient (Wildman–Crippen LogP) is 2.39. The fraction of sp³-hybridized carbons (Fsp3) is 0. The minimum Gasteiger partial charge on any atom is -0.534 e. The van der Waals surface area contributed by atoms with E-state index in [2.05, 4.69) is 16.6 Å². The Balaban J connectivity index is 0.000000310. The SMILES string of the molecule is N#[N+]c1ccc(Cl)cc1.O=C([O-])Cl. The minimum absolute atomic E-state index is 0.513. The van der Waals surface area contributed by atoms with Crippen molar-refractivity contribution in [3.8, 4) is 0 Å². The van der Waals surface area contributed by atoms with Crippen LogP contribution in [0.5, 0.6) is 0 Å². The van der Waals surface area contributed by atoms with Gasteiger partial charge in [0.05, 0.1) is 0 Å². The number of carbonyl (C=O) groups excluding carboxylic acids is 1. The molecule has 1 rings (SSSR count). The zero-order valence-electron chi connectivity index (χ0n) is 6.28. The molecule has 0 bridgehead atoms. The molecule has 0 unspecified atom stereocenters. The fourth-order valence-electron chi connectivity index (χ4n) is 0.508. The van der Waals surface area contributed by atoms with E-state index >= 15 is 0 Å². The molecule has 0 aliphatic carbocycles. The monoisotopic (exact) mass is 218 g/mol. The van der Waals surface area contributed by atoms with Gasteiger partial charge in [-0.05, 0) is 12.1 Å². The first-order valence-corrected chi connectivity index (χ1v) is 3.79. The highest BCUT2D eigenvalue weighted by Crippen LogP contribution is 2.15. The molecule has 0 heterocycles. The molecule has 1 aromatic carbocycles. The Labute approximate surface area is 84.3 Å². The van der Waals surface area contributed by atoms with Crippen LogP contribution in [0.4, 0.5) is 10.5 Å². The van der Waals surface area contributed by atoms with Gasteiger partial charge in [0.1, 0.15) is 5.43 Å². The first kappa shape index (κ1) is 11.7.